The highest BCUT2D eigenvalue weighted by Crippen LogP contribution is 1.88. The highest BCUT2D eigenvalue weighted by Gasteiger charge is 2.12. The lowest BCUT2D eigenvalue weighted by Crippen LogP contribution is -2.47. The summed E-state index contributed by atoms with van der Waals surface area (Å²) in [6.07, 6.45) is -1.11. The van der Waals surface area contributed by atoms with Crippen molar-refractivity contribution in [2.24, 2.45) is 0 Å². The van der Waals surface area contributed by atoms with E-state index in [1.165, 1.54) is 14.2 Å². The van der Waals surface area contributed by atoms with E-state index in [1.54, 1.807) is 6.92 Å². The number of hydrogen-bond donors (Lipinski definition) is 2. The smallest absolute Gasteiger partial charge is 0.408 e. The van der Waals surface area contributed by atoms with Crippen LogP contribution < -0.4 is 10.6 Å². The minimum atomic E-state index is -0.594. The van der Waals surface area contributed by atoms with Crippen molar-refractivity contribution in [1.82, 2.24) is 10.6 Å². The average molecular weight is 190 g/mol. The first-order valence-corrected chi connectivity index (χ1v) is 3.83. The standard InChI is InChI=1S/C7H14N2O4/c1-4-5(8-6(10)12-2)9-7(11)13-3/h5H,4H2,1-3H3,(H,8,10)(H,9,11). The summed E-state index contributed by atoms with van der Waals surface area (Å²) in [5.41, 5.74) is 0. The van der Waals surface area contributed by atoms with E-state index in [1.807, 2.05) is 0 Å². The number of amides is 2. The fourth-order valence-corrected chi connectivity index (χ4v) is 0.643. The number of hydrogen-bond acceptors (Lipinski definition) is 4. The Morgan fingerprint density at radius 1 is 1.15 bits per heavy atom. The molecule has 6 nitrogen and oxygen atoms in total. The predicted molar refractivity (Wildman–Crippen MR) is 45.2 cm³/mol. The Kier molecular flexibility index (Phi) is 5.42. The lowest BCUT2D eigenvalue weighted by atomic mass is 10.4. The molecule has 0 bridgehead atoms. The molecule has 2 N–H and O–H groups in total. The van der Waals surface area contributed by atoms with Gasteiger partial charge in [-0.05, 0) is 6.42 Å². The summed E-state index contributed by atoms with van der Waals surface area (Å²) in [5, 5.41) is 4.82. The van der Waals surface area contributed by atoms with Gasteiger partial charge in [0.05, 0.1) is 14.2 Å². The molecular formula is C7H14N2O4. The summed E-state index contributed by atoms with van der Waals surface area (Å²) in [6.45, 7) is 1.80. The van der Waals surface area contributed by atoms with Crippen LogP contribution in [0.3, 0.4) is 0 Å². The Bertz CT molecular complexity index is 165. The lowest BCUT2D eigenvalue weighted by Gasteiger charge is -2.16. The van der Waals surface area contributed by atoms with E-state index in [4.69, 9.17) is 0 Å². The normalized spacial score (nSPS) is 9.23. The zero-order valence-corrected chi connectivity index (χ0v) is 7.92. The molecule has 0 aromatic heterocycles. The first-order chi connectivity index (χ1) is 6.13. The molecule has 0 rings (SSSR count). The molecule has 0 aliphatic rings. The van der Waals surface area contributed by atoms with Crippen molar-refractivity contribution in [3.63, 3.8) is 0 Å². The van der Waals surface area contributed by atoms with Gasteiger partial charge < -0.3 is 20.1 Å². The quantitative estimate of drug-likeness (QED) is 0.633. The van der Waals surface area contributed by atoms with Crippen LogP contribution >= 0.6 is 0 Å². The van der Waals surface area contributed by atoms with Gasteiger partial charge in [0.1, 0.15) is 6.17 Å². The fourth-order valence-electron chi connectivity index (χ4n) is 0.643. The van der Waals surface area contributed by atoms with E-state index in [0.29, 0.717) is 6.42 Å². The lowest BCUT2D eigenvalue weighted by molar-refractivity contribution is 0.152. The number of carbonyl (C=O) groups excluding carboxylic acids is 2. The zero-order valence-electron chi connectivity index (χ0n) is 7.92. The second-order valence-corrected chi connectivity index (χ2v) is 2.23. The monoisotopic (exact) mass is 190 g/mol. The molecule has 0 aromatic rings. The third-order valence-corrected chi connectivity index (χ3v) is 1.36. The molecule has 0 fully saturated rings. The topological polar surface area (TPSA) is 76.7 Å². The third-order valence-electron chi connectivity index (χ3n) is 1.36. The first kappa shape index (κ1) is 11.5. The molecule has 0 spiro atoms. The Labute approximate surface area is 76.6 Å². The van der Waals surface area contributed by atoms with Gasteiger partial charge in [-0.3, -0.25) is 0 Å². The van der Waals surface area contributed by atoms with Gasteiger partial charge in [0.2, 0.25) is 0 Å². The molecule has 6 heteroatoms. The number of carbonyl (C=O) groups is 2. The molecular weight excluding hydrogens is 176 g/mol. The molecule has 0 saturated carbocycles. The van der Waals surface area contributed by atoms with E-state index < -0.39 is 18.4 Å². The maximum atomic E-state index is 10.7. The Morgan fingerprint density at radius 3 is 1.77 bits per heavy atom. The zero-order chi connectivity index (χ0) is 10.3. The minimum Gasteiger partial charge on any atom is -0.453 e. The summed E-state index contributed by atoms with van der Waals surface area (Å²) in [7, 11) is 2.50. The molecule has 13 heavy (non-hydrogen) atoms. The molecule has 0 heterocycles. The van der Waals surface area contributed by atoms with E-state index >= 15 is 0 Å². The first-order valence-electron chi connectivity index (χ1n) is 3.83. The maximum absolute atomic E-state index is 10.7. The van der Waals surface area contributed by atoms with Crippen LogP contribution in [-0.2, 0) is 9.47 Å². The summed E-state index contributed by atoms with van der Waals surface area (Å²) >= 11 is 0. The van der Waals surface area contributed by atoms with Gasteiger partial charge in [0.25, 0.3) is 0 Å². The van der Waals surface area contributed by atoms with Gasteiger partial charge in [-0.2, -0.15) is 0 Å². The Balaban J connectivity index is 3.89. The number of methoxy groups -OCH3 is 2. The second-order valence-electron chi connectivity index (χ2n) is 2.23. The van der Waals surface area contributed by atoms with Crippen molar-refractivity contribution < 1.29 is 19.1 Å². The highest BCUT2D eigenvalue weighted by molar-refractivity contribution is 5.70. The van der Waals surface area contributed by atoms with Crippen molar-refractivity contribution in [1.29, 1.82) is 0 Å². The van der Waals surface area contributed by atoms with Crippen LogP contribution in [0.5, 0.6) is 0 Å². The molecule has 0 aromatic carbocycles. The molecule has 0 unspecified atom stereocenters. The van der Waals surface area contributed by atoms with Gasteiger partial charge in [-0.25, -0.2) is 9.59 Å². The van der Waals surface area contributed by atoms with Crippen LogP contribution in [0, 0.1) is 0 Å². The van der Waals surface area contributed by atoms with Gasteiger partial charge in [-0.15, -0.1) is 0 Å². The van der Waals surface area contributed by atoms with Crippen LogP contribution in [0.4, 0.5) is 9.59 Å². The molecule has 2 amide bonds. The molecule has 0 atom stereocenters. The van der Waals surface area contributed by atoms with E-state index in [-0.39, 0.29) is 0 Å². The molecule has 0 aliphatic carbocycles. The van der Waals surface area contributed by atoms with Crippen molar-refractivity contribution in [3.05, 3.63) is 0 Å². The van der Waals surface area contributed by atoms with Crippen LogP contribution in [0.2, 0.25) is 0 Å². The average Bonchev–Trinajstić information content (AvgIpc) is 2.16. The van der Waals surface area contributed by atoms with Crippen LogP contribution in [-0.4, -0.2) is 32.6 Å². The molecule has 0 aliphatic heterocycles. The number of ether oxygens (including phenoxy) is 2. The Morgan fingerprint density at radius 2 is 1.54 bits per heavy atom. The van der Waals surface area contributed by atoms with Gasteiger partial charge >= 0.3 is 12.2 Å². The summed E-state index contributed by atoms with van der Waals surface area (Å²) < 4.78 is 8.71. The van der Waals surface area contributed by atoms with E-state index in [9.17, 15) is 9.59 Å². The summed E-state index contributed by atoms with van der Waals surface area (Å²) in [5.74, 6) is 0. The van der Waals surface area contributed by atoms with Crippen molar-refractivity contribution >= 4 is 12.2 Å². The summed E-state index contributed by atoms with van der Waals surface area (Å²) in [4.78, 5) is 21.5. The fraction of sp³-hybridized carbons (Fsp3) is 0.714. The number of rotatable bonds is 3. The van der Waals surface area contributed by atoms with E-state index in [0.717, 1.165) is 0 Å². The molecule has 76 valence electrons. The summed E-state index contributed by atoms with van der Waals surface area (Å²) in [6, 6.07) is 0. The van der Waals surface area contributed by atoms with E-state index in [2.05, 4.69) is 20.1 Å². The predicted octanol–water partition coefficient (Wildman–Crippen LogP) is 0.434. The minimum absolute atomic E-state index is 0.472. The van der Waals surface area contributed by atoms with Crippen LogP contribution in [0.15, 0.2) is 0 Å². The van der Waals surface area contributed by atoms with Gasteiger partial charge in [0.15, 0.2) is 0 Å². The van der Waals surface area contributed by atoms with Crippen molar-refractivity contribution in [2.45, 2.75) is 19.5 Å². The molecule has 0 radical (unpaired) electrons. The largest absolute Gasteiger partial charge is 0.453 e. The SMILES string of the molecule is CCC(NC(=O)OC)NC(=O)OC. The molecule has 0 saturated heterocycles. The number of alkyl carbamates (subject to hydrolysis) is 2. The number of nitrogens with one attached hydrogen (secondary N) is 2. The van der Waals surface area contributed by atoms with Crippen LogP contribution in [0.1, 0.15) is 13.3 Å². The third kappa shape index (κ3) is 4.89. The van der Waals surface area contributed by atoms with Crippen LogP contribution in [0.25, 0.3) is 0 Å². The van der Waals surface area contributed by atoms with Gasteiger partial charge in [0, 0.05) is 0 Å². The second kappa shape index (κ2) is 6.10. The van der Waals surface area contributed by atoms with Crippen molar-refractivity contribution in [2.75, 3.05) is 14.2 Å². The highest BCUT2D eigenvalue weighted by atomic mass is 16.5. The van der Waals surface area contributed by atoms with Crippen molar-refractivity contribution in [3.8, 4) is 0 Å². The Hall–Kier alpha value is -1.46. The maximum Gasteiger partial charge on any atom is 0.408 e. The van der Waals surface area contributed by atoms with Gasteiger partial charge in [-0.1, -0.05) is 6.92 Å².